The molecule has 3 rings (SSSR count). The number of ether oxygens (including phenoxy) is 1. The summed E-state index contributed by atoms with van der Waals surface area (Å²) in [6.45, 7) is 7.56. The summed E-state index contributed by atoms with van der Waals surface area (Å²) in [7, 11) is 0. The maximum Gasteiger partial charge on any atom is 0.176 e. The number of rotatable bonds is 7. The number of nitrogens with zero attached hydrogens (tertiary/aromatic N) is 2. The van der Waals surface area contributed by atoms with Crippen LogP contribution >= 0.6 is 11.6 Å². The van der Waals surface area contributed by atoms with Crippen LogP contribution in [0.3, 0.4) is 0 Å². The van der Waals surface area contributed by atoms with Crippen molar-refractivity contribution in [1.29, 1.82) is 0 Å². The van der Waals surface area contributed by atoms with Crippen LogP contribution in [-0.2, 0) is 0 Å². The molecule has 142 valence electrons. The van der Waals surface area contributed by atoms with Crippen LogP contribution in [0.2, 0.25) is 5.02 Å². The van der Waals surface area contributed by atoms with Crippen molar-refractivity contribution in [2.24, 2.45) is 5.92 Å². The molecule has 3 aromatic rings. The molecule has 0 aliphatic heterocycles. The fraction of sp³-hybridized carbons (Fsp3) is 0.333. The van der Waals surface area contributed by atoms with Crippen molar-refractivity contribution in [2.75, 3.05) is 18.5 Å². The lowest BCUT2D eigenvalue weighted by atomic mass is 10.0. The minimum atomic E-state index is -0.0394. The average Bonchev–Trinajstić information content (AvgIpc) is 2.65. The number of aromatic hydroxyl groups is 1. The van der Waals surface area contributed by atoms with Crippen LogP contribution in [0.5, 0.6) is 11.5 Å². The summed E-state index contributed by atoms with van der Waals surface area (Å²) in [5.74, 6) is 1.77. The van der Waals surface area contributed by atoms with Crippen molar-refractivity contribution in [1.82, 2.24) is 9.97 Å². The molecular formula is C21H24ClN3O2. The molecule has 0 aliphatic carbocycles. The number of nitrogens with one attached hydrogen (secondary N) is 1. The number of aromatic nitrogens is 2. The maximum absolute atomic E-state index is 10.1. The van der Waals surface area contributed by atoms with E-state index in [1.165, 1.54) is 0 Å². The summed E-state index contributed by atoms with van der Waals surface area (Å²) >= 11 is 6.19. The molecule has 0 aliphatic rings. The number of anilines is 1. The first-order valence-electron chi connectivity index (χ1n) is 9.14. The van der Waals surface area contributed by atoms with E-state index < -0.39 is 0 Å². The Balaban J connectivity index is 2.01. The molecule has 1 heterocycles. The van der Waals surface area contributed by atoms with E-state index in [2.05, 4.69) is 29.1 Å². The van der Waals surface area contributed by atoms with Crippen molar-refractivity contribution in [3.63, 3.8) is 0 Å². The number of phenolic OH excluding ortho intramolecular Hbond substituents is 1. The van der Waals surface area contributed by atoms with Crippen LogP contribution < -0.4 is 10.1 Å². The molecule has 0 saturated heterocycles. The van der Waals surface area contributed by atoms with Gasteiger partial charge in [0, 0.05) is 11.9 Å². The number of halogens is 1. The predicted molar refractivity (Wildman–Crippen MR) is 111 cm³/mol. The Labute approximate surface area is 164 Å². The standard InChI is InChI=1S/C21H24ClN3O2/c1-4-27-19-11-15(10-17(22)20(19)26)14-5-6-18-16(9-14)21(25-12-24-18)23-8-7-13(2)3/h5-6,9-13,26H,4,7-8H2,1-3H3,(H,23,24,25). The van der Waals surface area contributed by atoms with Crippen LogP contribution in [0.1, 0.15) is 27.2 Å². The molecule has 6 heteroatoms. The Hall–Kier alpha value is -2.53. The van der Waals surface area contributed by atoms with Crippen LogP contribution in [-0.4, -0.2) is 28.2 Å². The van der Waals surface area contributed by atoms with E-state index in [0.29, 0.717) is 18.3 Å². The molecule has 1 aromatic heterocycles. The molecule has 0 saturated carbocycles. The van der Waals surface area contributed by atoms with Crippen molar-refractivity contribution in [3.05, 3.63) is 41.7 Å². The van der Waals surface area contributed by atoms with Gasteiger partial charge in [0.1, 0.15) is 12.1 Å². The first-order valence-corrected chi connectivity index (χ1v) is 9.51. The molecule has 0 unspecified atom stereocenters. The quantitative estimate of drug-likeness (QED) is 0.561. The van der Waals surface area contributed by atoms with Crippen LogP contribution in [0.25, 0.3) is 22.0 Å². The molecule has 2 aromatic carbocycles. The normalized spacial score (nSPS) is 11.1. The monoisotopic (exact) mass is 385 g/mol. The Bertz CT molecular complexity index is 944. The SMILES string of the molecule is CCOc1cc(-c2ccc3ncnc(NCCC(C)C)c3c2)cc(Cl)c1O. The molecule has 0 bridgehead atoms. The van der Waals surface area contributed by atoms with Gasteiger partial charge in [-0.25, -0.2) is 9.97 Å². The summed E-state index contributed by atoms with van der Waals surface area (Å²) < 4.78 is 5.49. The summed E-state index contributed by atoms with van der Waals surface area (Å²) in [6, 6.07) is 9.50. The fourth-order valence-corrected chi connectivity index (χ4v) is 3.07. The van der Waals surface area contributed by atoms with Crippen LogP contribution in [0.15, 0.2) is 36.7 Å². The van der Waals surface area contributed by atoms with Gasteiger partial charge in [-0.1, -0.05) is 31.5 Å². The first kappa shape index (κ1) is 19.2. The summed E-state index contributed by atoms with van der Waals surface area (Å²) in [4.78, 5) is 8.76. The summed E-state index contributed by atoms with van der Waals surface area (Å²) in [5, 5.41) is 14.7. The van der Waals surface area contributed by atoms with E-state index in [-0.39, 0.29) is 10.8 Å². The van der Waals surface area contributed by atoms with E-state index in [4.69, 9.17) is 16.3 Å². The molecule has 0 radical (unpaired) electrons. The molecule has 0 fully saturated rings. The minimum absolute atomic E-state index is 0.0394. The molecule has 0 atom stereocenters. The largest absolute Gasteiger partial charge is 0.503 e. The highest BCUT2D eigenvalue weighted by Gasteiger charge is 2.12. The van der Waals surface area contributed by atoms with Gasteiger partial charge in [-0.05, 0) is 54.7 Å². The topological polar surface area (TPSA) is 67.3 Å². The van der Waals surface area contributed by atoms with Crippen LogP contribution in [0, 0.1) is 5.92 Å². The lowest BCUT2D eigenvalue weighted by Crippen LogP contribution is -2.06. The minimum Gasteiger partial charge on any atom is -0.503 e. The highest BCUT2D eigenvalue weighted by Crippen LogP contribution is 2.39. The first-order chi connectivity index (χ1) is 13.0. The van der Waals surface area contributed by atoms with E-state index in [9.17, 15) is 5.11 Å². The third-order valence-corrected chi connectivity index (χ3v) is 4.60. The maximum atomic E-state index is 10.1. The van der Waals surface area contributed by atoms with E-state index in [1.54, 1.807) is 18.5 Å². The van der Waals surface area contributed by atoms with Gasteiger partial charge in [-0.2, -0.15) is 0 Å². The van der Waals surface area contributed by atoms with Crippen LogP contribution in [0.4, 0.5) is 5.82 Å². The third kappa shape index (κ3) is 4.42. The Morgan fingerprint density at radius 3 is 2.70 bits per heavy atom. The highest BCUT2D eigenvalue weighted by atomic mass is 35.5. The Morgan fingerprint density at radius 1 is 1.15 bits per heavy atom. The average molecular weight is 386 g/mol. The van der Waals surface area contributed by atoms with Gasteiger partial charge in [0.15, 0.2) is 11.5 Å². The zero-order valence-corrected chi connectivity index (χ0v) is 16.5. The van der Waals surface area contributed by atoms with Gasteiger partial charge in [-0.3, -0.25) is 0 Å². The Morgan fingerprint density at radius 2 is 1.96 bits per heavy atom. The molecular weight excluding hydrogens is 362 g/mol. The van der Waals surface area contributed by atoms with Crippen molar-refractivity contribution in [2.45, 2.75) is 27.2 Å². The highest BCUT2D eigenvalue weighted by molar-refractivity contribution is 6.32. The predicted octanol–water partition coefficient (Wildman–Crippen LogP) is 5.51. The number of benzene rings is 2. The Kier molecular flexibility index (Phi) is 6.01. The zero-order valence-electron chi connectivity index (χ0n) is 15.8. The molecule has 0 spiro atoms. The van der Waals surface area contributed by atoms with Gasteiger partial charge in [0.25, 0.3) is 0 Å². The van der Waals surface area contributed by atoms with Gasteiger partial charge in [-0.15, -0.1) is 0 Å². The van der Waals surface area contributed by atoms with Gasteiger partial charge < -0.3 is 15.2 Å². The van der Waals surface area contributed by atoms with Gasteiger partial charge in [0.2, 0.25) is 0 Å². The number of hydrogen-bond donors (Lipinski definition) is 2. The fourth-order valence-electron chi connectivity index (χ4n) is 2.86. The smallest absolute Gasteiger partial charge is 0.176 e. The van der Waals surface area contributed by atoms with Crippen molar-refractivity contribution >= 4 is 28.3 Å². The lowest BCUT2D eigenvalue weighted by Gasteiger charge is -2.13. The second-order valence-corrected chi connectivity index (χ2v) is 7.21. The molecule has 27 heavy (non-hydrogen) atoms. The van der Waals surface area contributed by atoms with E-state index >= 15 is 0 Å². The van der Waals surface area contributed by atoms with E-state index in [0.717, 1.165) is 40.8 Å². The summed E-state index contributed by atoms with van der Waals surface area (Å²) in [6.07, 6.45) is 2.64. The third-order valence-electron chi connectivity index (χ3n) is 4.31. The van der Waals surface area contributed by atoms with Crippen molar-refractivity contribution < 1.29 is 9.84 Å². The number of fused-ring (bicyclic) bond motifs is 1. The van der Waals surface area contributed by atoms with Gasteiger partial charge >= 0.3 is 0 Å². The lowest BCUT2D eigenvalue weighted by molar-refractivity contribution is 0.318. The number of hydrogen-bond acceptors (Lipinski definition) is 5. The number of phenols is 1. The zero-order chi connectivity index (χ0) is 19.4. The van der Waals surface area contributed by atoms with Gasteiger partial charge in [0.05, 0.1) is 17.1 Å². The molecule has 2 N–H and O–H groups in total. The second-order valence-electron chi connectivity index (χ2n) is 6.80. The summed E-state index contributed by atoms with van der Waals surface area (Å²) in [5.41, 5.74) is 2.68. The molecule has 0 amide bonds. The van der Waals surface area contributed by atoms with E-state index in [1.807, 2.05) is 25.1 Å². The second kappa shape index (κ2) is 8.44. The van der Waals surface area contributed by atoms with Crippen molar-refractivity contribution in [3.8, 4) is 22.6 Å². The molecule has 5 nitrogen and oxygen atoms in total.